The van der Waals surface area contributed by atoms with Gasteiger partial charge >= 0.3 is 0 Å². The van der Waals surface area contributed by atoms with Crippen LogP contribution in [0.15, 0.2) is 66.7 Å². The number of anilines is 4. The third-order valence-electron chi connectivity index (χ3n) is 4.71. The van der Waals surface area contributed by atoms with Crippen LogP contribution >= 0.6 is 0 Å². The fourth-order valence-electron chi connectivity index (χ4n) is 3.14. The number of hydrogen-bond acceptors (Lipinski definition) is 5. The van der Waals surface area contributed by atoms with E-state index in [0.29, 0.717) is 11.4 Å². The van der Waals surface area contributed by atoms with E-state index in [1.165, 1.54) is 12.1 Å². The van der Waals surface area contributed by atoms with Crippen molar-refractivity contribution >= 4 is 34.3 Å². The summed E-state index contributed by atoms with van der Waals surface area (Å²) < 4.78 is 0. The lowest BCUT2D eigenvalue weighted by molar-refractivity contribution is -0.384. The molecule has 3 aromatic carbocycles. The van der Waals surface area contributed by atoms with Crippen molar-refractivity contribution < 1.29 is 9.72 Å². The lowest BCUT2D eigenvalue weighted by atomic mass is 10.1. The zero-order valence-electron chi connectivity index (χ0n) is 16.9. The Morgan fingerprint density at radius 1 is 1.00 bits per heavy atom. The summed E-state index contributed by atoms with van der Waals surface area (Å²) in [4.78, 5) is 23.3. The minimum Gasteiger partial charge on any atom is -0.374 e. The van der Waals surface area contributed by atoms with Crippen molar-refractivity contribution in [1.82, 2.24) is 0 Å². The number of benzene rings is 3. The Hall–Kier alpha value is -3.87. The van der Waals surface area contributed by atoms with Gasteiger partial charge < -0.3 is 16.0 Å². The van der Waals surface area contributed by atoms with Crippen LogP contribution in [0.5, 0.6) is 0 Å². The molecule has 7 nitrogen and oxygen atoms in total. The van der Waals surface area contributed by atoms with Crippen LogP contribution in [0.25, 0.3) is 0 Å². The number of para-hydroxylation sites is 2. The molecule has 0 unspecified atom stereocenters. The van der Waals surface area contributed by atoms with Gasteiger partial charge in [-0.15, -0.1) is 0 Å². The first-order chi connectivity index (χ1) is 14.5. The summed E-state index contributed by atoms with van der Waals surface area (Å²) in [5.74, 6) is -0.226. The topological polar surface area (TPSA) is 96.3 Å². The molecule has 0 heterocycles. The van der Waals surface area contributed by atoms with Crippen molar-refractivity contribution in [3.8, 4) is 0 Å². The lowest BCUT2D eigenvalue weighted by Crippen LogP contribution is -2.23. The van der Waals surface area contributed by atoms with E-state index in [1.54, 1.807) is 6.07 Å². The Bertz CT molecular complexity index is 1050. The van der Waals surface area contributed by atoms with E-state index in [1.807, 2.05) is 62.4 Å². The summed E-state index contributed by atoms with van der Waals surface area (Å²) >= 11 is 0. The number of nitro groups is 1. The molecule has 0 aliphatic carbocycles. The molecule has 0 aliphatic heterocycles. The minimum absolute atomic E-state index is 0.0257. The zero-order chi connectivity index (χ0) is 21.5. The van der Waals surface area contributed by atoms with Gasteiger partial charge in [0, 0.05) is 23.5 Å². The Kier molecular flexibility index (Phi) is 6.64. The number of nitro benzene ring substituents is 1. The van der Waals surface area contributed by atoms with Crippen LogP contribution in [0.2, 0.25) is 0 Å². The predicted molar refractivity (Wildman–Crippen MR) is 120 cm³/mol. The van der Waals surface area contributed by atoms with Crippen LogP contribution in [0, 0.1) is 17.0 Å². The maximum Gasteiger partial charge on any atom is 0.271 e. The number of nitrogens with zero attached hydrogens (tertiary/aromatic N) is 1. The van der Waals surface area contributed by atoms with Crippen LogP contribution in [0.1, 0.15) is 18.1 Å². The van der Waals surface area contributed by atoms with E-state index in [9.17, 15) is 14.9 Å². The molecule has 30 heavy (non-hydrogen) atoms. The summed E-state index contributed by atoms with van der Waals surface area (Å²) in [6, 6.07) is 19.8. The molecule has 0 atom stereocenters. The molecule has 0 saturated heterocycles. The molecule has 0 fully saturated rings. The van der Waals surface area contributed by atoms with Gasteiger partial charge in [-0.2, -0.15) is 0 Å². The number of hydrogen-bond donors (Lipinski definition) is 3. The Balaban J connectivity index is 1.77. The molecule has 0 spiro atoms. The largest absolute Gasteiger partial charge is 0.374 e. The fourth-order valence-corrected chi connectivity index (χ4v) is 3.14. The van der Waals surface area contributed by atoms with Crippen LogP contribution < -0.4 is 16.0 Å². The second-order valence-corrected chi connectivity index (χ2v) is 6.84. The molecule has 3 aromatic rings. The van der Waals surface area contributed by atoms with Gasteiger partial charge in [0.25, 0.3) is 5.69 Å². The number of carbonyl (C=O) groups excluding carboxylic acids is 1. The lowest BCUT2D eigenvalue weighted by Gasteiger charge is -2.16. The number of rotatable bonds is 8. The Morgan fingerprint density at radius 3 is 2.47 bits per heavy atom. The van der Waals surface area contributed by atoms with E-state index >= 15 is 0 Å². The molecule has 0 bridgehead atoms. The van der Waals surface area contributed by atoms with Gasteiger partial charge in [0.05, 0.1) is 22.8 Å². The molecular weight excluding hydrogens is 380 g/mol. The summed E-state index contributed by atoms with van der Waals surface area (Å²) in [5, 5.41) is 20.4. The van der Waals surface area contributed by atoms with Crippen molar-refractivity contribution in [3.05, 3.63) is 88.0 Å². The number of aryl methyl sites for hydroxylation is 2. The van der Waals surface area contributed by atoms with Gasteiger partial charge in [0.1, 0.15) is 0 Å². The van der Waals surface area contributed by atoms with Crippen molar-refractivity contribution in [2.75, 3.05) is 22.5 Å². The van der Waals surface area contributed by atoms with E-state index in [-0.39, 0.29) is 18.1 Å². The molecule has 0 aromatic heterocycles. The van der Waals surface area contributed by atoms with Crippen molar-refractivity contribution in [1.29, 1.82) is 0 Å². The van der Waals surface area contributed by atoms with Gasteiger partial charge in [-0.3, -0.25) is 14.9 Å². The third kappa shape index (κ3) is 5.14. The average molecular weight is 404 g/mol. The van der Waals surface area contributed by atoms with Crippen LogP contribution in [0.3, 0.4) is 0 Å². The Labute approximate surface area is 175 Å². The second-order valence-electron chi connectivity index (χ2n) is 6.84. The van der Waals surface area contributed by atoms with E-state index in [0.717, 1.165) is 28.9 Å². The van der Waals surface area contributed by atoms with Gasteiger partial charge in [-0.1, -0.05) is 43.3 Å². The fraction of sp³-hybridized carbons (Fsp3) is 0.174. The molecule has 3 N–H and O–H groups in total. The van der Waals surface area contributed by atoms with Crippen LogP contribution in [-0.2, 0) is 11.2 Å². The highest BCUT2D eigenvalue weighted by molar-refractivity contribution is 5.95. The SMILES string of the molecule is CCc1cccc(C)c1NC(=O)CNc1cc([N+](=O)[O-])ccc1Nc1ccccc1. The quantitative estimate of drug-likeness (QED) is 0.351. The molecule has 154 valence electrons. The standard InChI is InChI=1S/C23H24N4O3/c1-3-17-9-7-8-16(2)23(17)26-22(28)15-24-21-14-19(27(29)30)12-13-20(21)25-18-10-5-4-6-11-18/h4-14,24-25H,3,15H2,1-2H3,(H,26,28). The summed E-state index contributed by atoms with van der Waals surface area (Å²) in [5.41, 5.74) is 4.77. The highest BCUT2D eigenvalue weighted by Gasteiger charge is 2.13. The first-order valence-corrected chi connectivity index (χ1v) is 9.70. The highest BCUT2D eigenvalue weighted by Crippen LogP contribution is 2.29. The van der Waals surface area contributed by atoms with Crippen molar-refractivity contribution in [3.63, 3.8) is 0 Å². The Morgan fingerprint density at radius 2 is 1.77 bits per heavy atom. The highest BCUT2D eigenvalue weighted by atomic mass is 16.6. The maximum atomic E-state index is 12.6. The summed E-state index contributed by atoms with van der Waals surface area (Å²) in [7, 11) is 0. The number of non-ortho nitro benzene ring substituents is 1. The first kappa shape index (κ1) is 20.9. The molecule has 7 heteroatoms. The van der Waals surface area contributed by atoms with Gasteiger partial charge in [-0.25, -0.2) is 0 Å². The minimum atomic E-state index is -0.460. The molecule has 0 saturated carbocycles. The van der Waals surface area contributed by atoms with Gasteiger partial charge in [-0.05, 0) is 42.7 Å². The van der Waals surface area contributed by atoms with E-state index in [2.05, 4.69) is 16.0 Å². The van der Waals surface area contributed by atoms with Gasteiger partial charge in [0.15, 0.2) is 0 Å². The maximum absolute atomic E-state index is 12.6. The molecule has 3 rings (SSSR count). The summed E-state index contributed by atoms with van der Waals surface area (Å²) in [6.45, 7) is 3.96. The van der Waals surface area contributed by atoms with Crippen LogP contribution in [-0.4, -0.2) is 17.4 Å². The molecule has 0 radical (unpaired) electrons. The number of carbonyl (C=O) groups is 1. The predicted octanol–water partition coefficient (Wildman–Crippen LogP) is 5.26. The summed E-state index contributed by atoms with van der Waals surface area (Å²) in [6.07, 6.45) is 0.806. The second kappa shape index (κ2) is 9.56. The molecule has 0 aliphatic rings. The van der Waals surface area contributed by atoms with Crippen LogP contribution in [0.4, 0.5) is 28.4 Å². The number of nitrogens with one attached hydrogen (secondary N) is 3. The third-order valence-corrected chi connectivity index (χ3v) is 4.71. The smallest absolute Gasteiger partial charge is 0.271 e. The van der Waals surface area contributed by atoms with Crippen molar-refractivity contribution in [2.45, 2.75) is 20.3 Å². The monoisotopic (exact) mass is 404 g/mol. The van der Waals surface area contributed by atoms with E-state index < -0.39 is 4.92 Å². The molecular formula is C23H24N4O3. The normalized spacial score (nSPS) is 10.3. The first-order valence-electron chi connectivity index (χ1n) is 9.70. The van der Waals surface area contributed by atoms with Crippen molar-refractivity contribution in [2.24, 2.45) is 0 Å². The molecule has 1 amide bonds. The number of amides is 1. The van der Waals surface area contributed by atoms with Gasteiger partial charge in [0.2, 0.25) is 5.91 Å². The average Bonchev–Trinajstić information content (AvgIpc) is 2.75. The van der Waals surface area contributed by atoms with E-state index in [4.69, 9.17) is 0 Å². The zero-order valence-corrected chi connectivity index (χ0v) is 16.9.